The van der Waals surface area contributed by atoms with Crippen LogP contribution >= 0.6 is 11.3 Å². The second-order valence-corrected chi connectivity index (χ2v) is 8.85. The van der Waals surface area contributed by atoms with Gasteiger partial charge < -0.3 is 4.55 Å². The van der Waals surface area contributed by atoms with Crippen LogP contribution in [0.3, 0.4) is 0 Å². The van der Waals surface area contributed by atoms with E-state index in [-0.39, 0.29) is 16.2 Å². The van der Waals surface area contributed by atoms with Crippen molar-refractivity contribution in [2.45, 2.75) is 27.0 Å². The molecule has 1 atom stereocenters. The third-order valence-corrected chi connectivity index (χ3v) is 6.24. The van der Waals surface area contributed by atoms with E-state index in [9.17, 15) is 39.5 Å². The third kappa shape index (κ3) is 6.56. The van der Waals surface area contributed by atoms with E-state index in [1.807, 2.05) is 0 Å². The van der Waals surface area contributed by atoms with E-state index in [4.69, 9.17) is 13.0 Å². The first-order valence-corrected chi connectivity index (χ1v) is 10.0. The van der Waals surface area contributed by atoms with Crippen molar-refractivity contribution in [2.75, 3.05) is 0 Å². The highest BCUT2D eigenvalue weighted by atomic mass is 32.2. The molecule has 0 aliphatic heterocycles. The molecule has 0 N–H and O–H groups in total. The smallest absolute Gasteiger partial charge is 0.586 e. The average Bonchev–Trinajstić information content (AvgIpc) is 2.94. The summed E-state index contributed by atoms with van der Waals surface area (Å²) in [6, 6.07) is 7.54. The topological polar surface area (TPSA) is 57.2 Å². The van der Waals surface area contributed by atoms with Gasteiger partial charge in [-0.2, -0.15) is 26.3 Å². The van der Waals surface area contributed by atoms with E-state index >= 15 is 0 Å². The number of halogens is 9. The molecule has 1 aromatic carbocycles. The van der Waals surface area contributed by atoms with Crippen LogP contribution in [0, 0.1) is 0 Å². The summed E-state index contributed by atoms with van der Waals surface area (Å²) in [6.07, 6.45) is -4.78. The van der Waals surface area contributed by atoms with Gasteiger partial charge in [-0.3, -0.25) is 0 Å². The van der Waals surface area contributed by atoms with Crippen molar-refractivity contribution in [3.8, 4) is 0 Å². The fraction of sp³-hybridized carbons (Fsp3) is 0.231. The first kappa shape index (κ1) is 24.6. The summed E-state index contributed by atoms with van der Waals surface area (Å²) in [7, 11) is -8.70. The summed E-state index contributed by atoms with van der Waals surface area (Å²) < 4.78 is 137. The van der Waals surface area contributed by atoms with Crippen molar-refractivity contribution >= 4 is 32.3 Å². The van der Waals surface area contributed by atoms with Crippen molar-refractivity contribution in [3.05, 3.63) is 46.7 Å². The molecule has 0 fully saturated rings. The lowest BCUT2D eigenvalue weighted by atomic mass is 10.4. The number of hydrogen-bond acceptors (Lipinski definition) is 4. The van der Waals surface area contributed by atoms with Crippen molar-refractivity contribution < 1.29 is 52.5 Å². The highest BCUT2D eigenvalue weighted by Crippen LogP contribution is 2.46. The van der Waals surface area contributed by atoms with Crippen LogP contribution in [-0.4, -0.2) is 24.0 Å². The molecule has 3 nitrogen and oxygen atoms in total. The Labute approximate surface area is 158 Å². The van der Waals surface area contributed by atoms with Gasteiger partial charge >= 0.3 is 17.2 Å². The van der Waals surface area contributed by atoms with Gasteiger partial charge in [-0.05, 0) is 17.5 Å². The van der Waals surface area contributed by atoms with Crippen LogP contribution in [-0.2, 0) is 27.2 Å². The van der Waals surface area contributed by atoms with Crippen molar-refractivity contribution in [3.63, 3.8) is 0 Å². The largest absolute Gasteiger partial charge is 0.741 e. The molecule has 2 rings (SSSR count). The van der Waals surface area contributed by atoms with E-state index in [2.05, 4.69) is 0 Å². The minimum Gasteiger partial charge on any atom is -0.741 e. The summed E-state index contributed by atoms with van der Waals surface area (Å²) in [5.41, 5.74) is -10.4. The molecule has 158 valence electrons. The standard InChI is InChI=1S/C12H7F6S2.CHF3O3S/c13-11(14,15)10-9(6-7-19-10)20(12(16,17)18)8-4-2-1-3-5-8;2-1(3,4)8(5,6)7/h1-7H;(H,5,6,7)/q+1;/p-1. The number of benzene rings is 1. The van der Waals surface area contributed by atoms with E-state index in [0.717, 1.165) is 11.4 Å². The van der Waals surface area contributed by atoms with Crippen molar-refractivity contribution in [1.29, 1.82) is 0 Å². The molecule has 0 amide bonds. The Hall–Kier alpha value is -1.45. The zero-order chi connectivity index (χ0) is 22.0. The predicted molar refractivity (Wildman–Crippen MR) is 81.5 cm³/mol. The third-order valence-electron chi connectivity index (χ3n) is 2.60. The molecule has 0 radical (unpaired) electrons. The molecule has 1 unspecified atom stereocenters. The quantitative estimate of drug-likeness (QED) is 0.252. The average molecular weight is 478 g/mol. The SMILES string of the molecule is FC(F)(F)c1sccc1[S+](c1ccccc1)C(F)(F)F.O=S(=O)([O-])C(F)(F)F. The maximum absolute atomic E-state index is 13.2. The summed E-state index contributed by atoms with van der Waals surface area (Å²) in [4.78, 5) is -2.09. The number of hydrogen-bond donors (Lipinski definition) is 0. The van der Waals surface area contributed by atoms with Gasteiger partial charge in [0, 0.05) is 6.07 Å². The summed E-state index contributed by atoms with van der Waals surface area (Å²) in [5.74, 6) is 0. The van der Waals surface area contributed by atoms with Crippen LogP contribution in [0.4, 0.5) is 39.5 Å². The minimum atomic E-state index is -6.09. The lowest BCUT2D eigenvalue weighted by molar-refractivity contribution is -0.136. The van der Waals surface area contributed by atoms with Gasteiger partial charge in [0.25, 0.3) is 0 Å². The van der Waals surface area contributed by atoms with E-state index in [0.29, 0.717) is 0 Å². The van der Waals surface area contributed by atoms with Gasteiger partial charge in [0.2, 0.25) is 0 Å². The zero-order valence-corrected chi connectivity index (χ0v) is 15.3. The van der Waals surface area contributed by atoms with Crippen LogP contribution in [0.5, 0.6) is 0 Å². The second-order valence-electron chi connectivity index (χ2n) is 4.58. The van der Waals surface area contributed by atoms with Crippen LogP contribution in [0.25, 0.3) is 0 Å². The zero-order valence-electron chi connectivity index (χ0n) is 12.9. The van der Waals surface area contributed by atoms with Gasteiger partial charge in [-0.25, -0.2) is 8.42 Å². The molecule has 1 aromatic heterocycles. The lowest BCUT2D eigenvalue weighted by Gasteiger charge is -2.11. The molecule has 28 heavy (non-hydrogen) atoms. The van der Waals surface area contributed by atoms with Gasteiger partial charge in [0.15, 0.2) is 35.7 Å². The maximum Gasteiger partial charge on any atom is 0.586 e. The summed E-state index contributed by atoms with van der Waals surface area (Å²) >= 11 is 0.278. The van der Waals surface area contributed by atoms with Gasteiger partial charge in [-0.1, -0.05) is 18.2 Å². The molecule has 0 aliphatic rings. The fourth-order valence-electron chi connectivity index (χ4n) is 1.61. The Morgan fingerprint density at radius 2 is 1.32 bits per heavy atom. The van der Waals surface area contributed by atoms with E-state index in [1.165, 1.54) is 30.3 Å². The number of thiophene rings is 1. The molecule has 0 aliphatic carbocycles. The van der Waals surface area contributed by atoms with Gasteiger partial charge in [-0.15, -0.1) is 24.5 Å². The Morgan fingerprint density at radius 3 is 1.68 bits per heavy atom. The van der Waals surface area contributed by atoms with Crippen molar-refractivity contribution in [1.82, 2.24) is 0 Å². The van der Waals surface area contributed by atoms with E-state index < -0.39 is 48.0 Å². The molecule has 15 heteroatoms. The molecule has 0 saturated carbocycles. The predicted octanol–water partition coefficient (Wildman–Crippen LogP) is 5.37. The van der Waals surface area contributed by atoms with Crippen molar-refractivity contribution in [2.24, 2.45) is 0 Å². The first-order chi connectivity index (χ1) is 12.5. The lowest BCUT2D eigenvalue weighted by Crippen LogP contribution is -2.25. The second kappa shape index (κ2) is 8.51. The highest BCUT2D eigenvalue weighted by molar-refractivity contribution is 7.98. The molecule has 1 heterocycles. The first-order valence-electron chi connectivity index (χ1n) is 6.49. The normalized spacial score (nSPS) is 14.2. The molecule has 0 spiro atoms. The highest BCUT2D eigenvalue weighted by Gasteiger charge is 2.58. The summed E-state index contributed by atoms with van der Waals surface area (Å²) in [6.45, 7) is 0. The number of rotatable bonds is 2. The van der Waals surface area contributed by atoms with Crippen LogP contribution in [0.15, 0.2) is 51.6 Å². The molecule has 2 aromatic rings. The molecule has 0 saturated heterocycles. The summed E-state index contributed by atoms with van der Waals surface area (Å²) in [5, 5.41) is 1.03. The molecular formula is C13H7F9O3S3. The fourth-order valence-corrected chi connectivity index (χ4v) is 4.45. The van der Waals surface area contributed by atoms with Crippen LogP contribution in [0.2, 0.25) is 0 Å². The Kier molecular flexibility index (Phi) is 7.47. The maximum atomic E-state index is 13.2. The monoisotopic (exact) mass is 478 g/mol. The molecule has 0 bridgehead atoms. The van der Waals surface area contributed by atoms with E-state index in [1.54, 1.807) is 0 Å². The Morgan fingerprint density at radius 1 is 0.857 bits per heavy atom. The molecular weight excluding hydrogens is 471 g/mol. The Bertz CT molecular complexity index is 868. The van der Waals surface area contributed by atoms with Crippen LogP contribution < -0.4 is 0 Å². The van der Waals surface area contributed by atoms with Crippen LogP contribution in [0.1, 0.15) is 4.88 Å². The Balaban J connectivity index is 0.000000416. The number of alkyl halides is 9. The minimum absolute atomic E-state index is 0.177. The van der Waals surface area contributed by atoms with Gasteiger partial charge in [0.1, 0.15) is 0 Å². The van der Waals surface area contributed by atoms with Gasteiger partial charge in [0.05, 0.1) is 0 Å².